The molecule has 90 valence electrons. The molecule has 0 spiro atoms. The normalized spacial score (nSPS) is 10.7. The largest absolute Gasteiger partial charge is 0.394 e. The first-order valence-electron chi connectivity index (χ1n) is 5.37. The Bertz CT molecular complexity index is 510. The SMILES string of the molecule is Nc1cc(Cc2ccccc2Cl)nn1CCO. The molecule has 0 aliphatic heterocycles. The van der Waals surface area contributed by atoms with Gasteiger partial charge in [-0.1, -0.05) is 29.8 Å². The van der Waals surface area contributed by atoms with Gasteiger partial charge in [0.25, 0.3) is 0 Å². The molecule has 0 atom stereocenters. The number of nitrogens with two attached hydrogens (primary N) is 1. The summed E-state index contributed by atoms with van der Waals surface area (Å²) in [6, 6.07) is 9.45. The average Bonchev–Trinajstić information content (AvgIpc) is 2.63. The number of rotatable bonds is 4. The summed E-state index contributed by atoms with van der Waals surface area (Å²) in [7, 11) is 0. The third kappa shape index (κ3) is 2.78. The standard InChI is InChI=1S/C12H14ClN3O/c13-11-4-2-1-3-9(11)7-10-8-12(14)16(15-10)5-6-17/h1-4,8,17H,5-7,14H2. The Morgan fingerprint density at radius 1 is 1.35 bits per heavy atom. The zero-order chi connectivity index (χ0) is 12.3. The third-order valence-electron chi connectivity index (χ3n) is 2.50. The maximum atomic E-state index is 8.85. The van der Waals surface area contributed by atoms with Crippen molar-refractivity contribution in [3.05, 3.63) is 46.6 Å². The summed E-state index contributed by atoms with van der Waals surface area (Å²) >= 11 is 6.08. The van der Waals surface area contributed by atoms with Crippen LogP contribution in [0, 0.1) is 0 Å². The predicted molar refractivity (Wildman–Crippen MR) is 68.0 cm³/mol. The van der Waals surface area contributed by atoms with E-state index in [2.05, 4.69) is 5.10 Å². The Kier molecular flexibility index (Phi) is 3.66. The minimum Gasteiger partial charge on any atom is -0.394 e. The van der Waals surface area contributed by atoms with Gasteiger partial charge in [-0.3, -0.25) is 0 Å². The van der Waals surface area contributed by atoms with Crippen molar-refractivity contribution in [2.45, 2.75) is 13.0 Å². The van der Waals surface area contributed by atoms with Crippen molar-refractivity contribution < 1.29 is 5.11 Å². The first-order valence-corrected chi connectivity index (χ1v) is 5.75. The molecular weight excluding hydrogens is 238 g/mol. The maximum Gasteiger partial charge on any atom is 0.122 e. The molecule has 0 amide bonds. The second-order valence-corrected chi connectivity index (χ2v) is 4.18. The molecule has 5 heteroatoms. The number of aliphatic hydroxyl groups is 1. The summed E-state index contributed by atoms with van der Waals surface area (Å²) in [4.78, 5) is 0. The van der Waals surface area contributed by atoms with E-state index in [1.807, 2.05) is 24.3 Å². The highest BCUT2D eigenvalue weighted by Crippen LogP contribution is 2.19. The minimum absolute atomic E-state index is 0.0252. The molecule has 0 bridgehead atoms. The molecule has 0 aliphatic carbocycles. The van der Waals surface area contributed by atoms with Crippen LogP contribution in [0.5, 0.6) is 0 Å². The van der Waals surface area contributed by atoms with E-state index in [0.29, 0.717) is 18.8 Å². The first kappa shape index (κ1) is 12.0. The second-order valence-electron chi connectivity index (χ2n) is 3.78. The molecule has 3 N–H and O–H groups in total. The lowest BCUT2D eigenvalue weighted by atomic mass is 10.1. The molecule has 0 radical (unpaired) electrons. The molecule has 2 aromatic rings. The van der Waals surface area contributed by atoms with Gasteiger partial charge in [0.2, 0.25) is 0 Å². The number of aromatic nitrogens is 2. The number of halogens is 1. The van der Waals surface area contributed by atoms with Gasteiger partial charge in [0, 0.05) is 17.5 Å². The Morgan fingerprint density at radius 3 is 2.82 bits per heavy atom. The molecule has 1 heterocycles. The Morgan fingerprint density at radius 2 is 2.12 bits per heavy atom. The zero-order valence-electron chi connectivity index (χ0n) is 9.31. The van der Waals surface area contributed by atoms with Crippen LogP contribution in [0.15, 0.2) is 30.3 Å². The summed E-state index contributed by atoms with van der Waals surface area (Å²) in [6.07, 6.45) is 0.641. The number of hydrogen-bond donors (Lipinski definition) is 2. The molecule has 1 aromatic carbocycles. The Balaban J connectivity index is 2.19. The van der Waals surface area contributed by atoms with Crippen LogP contribution in [0.1, 0.15) is 11.3 Å². The van der Waals surface area contributed by atoms with Crippen molar-refractivity contribution in [2.24, 2.45) is 0 Å². The van der Waals surface area contributed by atoms with Crippen molar-refractivity contribution in [3.8, 4) is 0 Å². The van der Waals surface area contributed by atoms with Crippen LogP contribution in [0.4, 0.5) is 5.82 Å². The van der Waals surface area contributed by atoms with Crippen molar-refractivity contribution >= 4 is 17.4 Å². The summed E-state index contributed by atoms with van der Waals surface area (Å²) < 4.78 is 1.59. The van der Waals surface area contributed by atoms with Crippen molar-refractivity contribution in [1.82, 2.24) is 9.78 Å². The van der Waals surface area contributed by atoms with Gasteiger partial charge in [0.05, 0.1) is 18.8 Å². The Labute approximate surface area is 105 Å². The number of aliphatic hydroxyl groups excluding tert-OH is 1. The molecule has 0 unspecified atom stereocenters. The number of nitrogen functional groups attached to an aromatic ring is 1. The van der Waals surface area contributed by atoms with E-state index in [0.717, 1.165) is 16.3 Å². The van der Waals surface area contributed by atoms with Gasteiger partial charge in [-0.25, -0.2) is 4.68 Å². The molecule has 0 fully saturated rings. The average molecular weight is 252 g/mol. The minimum atomic E-state index is 0.0252. The van der Waals surface area contributed by atoms with Gasteiger partial charge in [-0.2, -0.15) is 5.10 Å². The highest BCUT2D eigenvalue weighted by molar-refractivity contribution is 6.31. The number of anilines is 1. The maximum absolute atomic E-state index is 8.85. The summed E-state index contributed by atoms with van der Waals surface area (Å²) in [5.74, 6) is 0.557. The van der Waals surface area contributed by atoms with Crippen LogP contribution in [-0.4, -0.2) is 21.5 Å². The van der Waals surface area contributed by atoms with E-state index in [1.54, 1.807) is 10.7 Å². The number of nitrogens with zero attached hydrogens (tertiary/aromatic N) is 2. The lowest BCUT2D eigenvalue weighted by Crippen LogP contribution is -2.07. The van der Waals surface area contributed by atoms with Gasteiger partial charge >= 0.3 is 0 Å². The topological polar surface area (TPSA) is 64.1 Å². The molecule has 0 aliphatic rings. The van der Waals surface area contributed by atoms with Gasteiger partial charge < -0.3 is 10.8 Å². The van der Waals surface area contributed by atoms with E-state index in [4.69, 9.17) is 22.4 Å². The van der Waals surface area contributed by atoms with Crippen LogP contribution >= 0.6 is 11.6 Å². The molecule has 1 aromatic heterocycles. The van der Waals surface area contributed by atoms with Crippen molar-refractivity contribution in [3.63, 3.8) is 0 Å². The van der Waals surface area contributed by atoms with Crippen LogP contribution in [0.2, 0.25) is 5.02 Å². The van der Waals surface area contributed by atoms with Gasteiger partial charge in [-0.05, 0) is 11.6 Å². The van der Waals surface area contributed by atoms with E-state index in [9.17, 15) is 0 Å². The van der Waals surface area contributed by atoms with Crippen molar-refractivity contribution in [2.75, 3.05) is 12.3 Å². The Hall–Kier alpha value is -1.52. The fourth-order valence-corrected chi connectivity index (χ4v) is 1.89. The second kappa shape index (κ2) is 5.21. The zero-order valence-corrected chi connectivity index (χ0v) is 10.1. The molecule has 0 saturated heterocycles. The van der Waals surface area contributed by atoms with Crippen LogP contribution < -0.4 is 5.73 Å². The lowest BCUT2D eigenvalue weighted by molar-refractivity contribution is 0.270. The molecule has 2 rings (SSSR count). The molecule has 0 saturated carbocycles. The lowest BCUT2D eigenvalue weighted by Gasteiger charge is -2.01. The fraction of sp³-hybridized carbons (Fsp3) is 0.250. The van der Waals surface area contributed by atoms with Gasteiger partial charge in [-0.15, -0.1) is 0 Å². The van der Waals surface area contributed by atoms with Crippen LogP contribution in [0.3, 0.4) is 0 Å². The monoisotopic (exact) mass is 251 g/mol. The van der Waals surface area contributed by atoms with Crippen LogP contribution in [0.25, 0.3) is 0 Å². The first-order chi connectivity index (χ1) is 8.20. The predicted octanol–water partition coefficient (Wildman–Crippen LogP) is 1.70. The van der Waals surface area contributed by atoms with Crippen molar-refractivity contribution in [1.29, 1.82) is 0 Å². The van der Waals surface area contributed by atoms with Crippen LogP contribution in [-0.2, 0) is 13.0 Å². The third-order valence-corrected chi connectivity index (χ3v) is 2.87. The van der Waals surface area contributed by atoms with E-state index < -0.39 is 0 Å². The fourth-order valence-electron chi connectivity index (χ4n) is 1.68. The molecular formula is C12H14ClN3O. The summed E-state index contributed by atoms with van der Waals surface area (Å²) in [5.41, 5.74) is 7.64. The van der Waals surface area contributed by atoms with E-state index in [-0.39, 0.29) is 6.61 Å². The summed E-state index contributed by atoms with van der Waals surface area (Å²) in [6.45, 7) is 0.436. The van der Waals surface area contributed by atoms with E-state index in [1.165, 1.54) is 0 Å². The summed E-state index contributed by atoms with van der Waals surface area (Å²) in [5, 5.41) is 13.9. The highest BCUT2D eigenvalue weighted by atomic mass is 35.5. The molecule has 4 nitrogen and oxygen atoms in total. The number of benzene rings is 1. The number of hydrogen-bond acceptors (Lipinski definition) is 3. The quantitative estimate of drug-likeness (QED) is 0.869. The highest BCUT2D eigenvalue weighted by Gasteiger charge is 2.07. The van der Waals surface area contributed by atoms with Gasteiger partial charge in [0.1, 0.15) is 5.82 Å². The smallest absolute Gasteiger partial charge is 0.122 e. The van der Waals surface area contributed by atoms with Gasteiger partial charge in [0.15, 0.2) is 0 Å². The molecule has 17 heavy (non-hydrogen) atoms. The van der Waals surface area contributed by atoms with E-state index >= 15 is 0 Å².